The van der Waals surface area contributed by atoms with Crippen LogP contribution in [0.4, 0.5) is 13.2 Å². The van der Waals surface area contributed by atoms with Crippen LogP contribution < -0.4 is 14.8 Å². The van der Waals surface area contributed by atoms with E-state index in [1.165, 1.54) is 24.3 Å². The molecule has 0 saturated heterocycles. The van der Waals surface area contributed by atoms with Crippen LogP contribution in [0.1, 0.15) is 17.2 Å². The van der Waals surface area contributed by atoms with Crippen LogP contribution in [0.5, 0.6) is 5.88 Å². The molecule has 0 amide bonds. The maximum Gasteiger partial charge on any atom is 0.408 e. The molecule has 6 nitrogen and oxygen atoms in total. The van der Waals surface area contributed by atoms with Crippen molar-refractivity contribution in [3.8, 4) is 5.88 Å². The Labute approximate surface area is 168 Å². The van der Waals surface area contributed by atoms with Gasteiger partial charge in [-0.15, -0.1) is 12.4 Å². The lowest BCUT2D eigenvalue weighted by Gasteiger charge is -2.21. The van der Waals surface area contributed by atoms with Gasteiger partial charge in [0.05, 0.1) is 6.26 Å². The van der Waals surface area contributed by atoms with E-state index in [9.17, 15) is 21.6 Å². The molecule has 1 atom stereocenters. The number of rotatable bonds is 9. The van der Waals surface area contributed by atoms with Crippen LogP contribution in [0.2, 0.25) is 0 Å². The Hall–Kier alpha value is -1.88. The molecule has 0 aliphatic rings. The fourth-order valence-electron chi connectivity index (χ4n) is 2.26. The summed E-state index contributed by atoms with van der Waals surface area (Å²) in [5.74, 6) is 0.514. The monoisotopic (exact) mass is 439 g/mol. The van der Waals surface area contributed by atoms with Crippen LogP contribution in [0.25, 0.3) is 0 Å². The number of halogens is 4. The molecule has 28 heavy (non-hydrogen) atoms. The quantitative estimate of drug-likeness (QED) is 0.587. The Morgan fingerprint density at radius 3 is 2.36 bits per heavy atom. The third kappa shape index (κ3) is 8.42. The summed E-state index contributed by atoms with van der Waals surface area (Å²) in [5, 5.41) is 3.10. The average Bonchev–Trinajstić information content (AvgIpc) is 2.59. The van der Waals surface area contributed by atoms with Gasteiger partial charge in [-0.1, -0.05) is 30.3 Å². The SMILES string of the molecule is CS(=O)(=O)N[C@@H](c1ccc(CNCCOc2ccccn2)cc1)C(F)(F)F.Cl. The highest BCUT2D eigenvalue weighted by Gasteiger charge is 2.42. The standard InChI is InChI=1S/C17H20F3N3O3S.ClH/c1-27(24,25)23-16(17(18,19)20)14-7-5-13(6-8-14)12-21-10-11-26-15-4-2-3-9-22-15;/h2-9,16,21,23H,10-12H2,1H3;1H/t16-;/m0./s1. The zero-order valence-corrected chi connectivity index (χ0v) is 16.6. The topological polar surface area (TPSA) is 80.3 Å². The van der Waals surface area contributed by atoms with E-state index in [1.54, 1.807) is 23.1 Å². The molecule has 0 bridgehead atoms. The molecule has 0 fully saturated rings. The van der Waals surface area contributed by atoms with Crippen molar-refractivity contribution in [2.45, 2.75) is 18.8 Å². The van der Waals surface area contributed by atoms with Gasteiger partial charge in [-0.3, -0.25) is 0 Å². The van der Waals surface area contributed by atoms with Crippen molar-refractivity contribution in [1.82, 2.24) is 15.0 Å². The summed E-state index contributed by atoms with van der Waals surface area (Å²) in [7, 11) is -4.01. The zero-order valence-electron chi connectivity index (χ0n) is 14.9. The van der Waals surface area contributed by atoms with Gasteiger partial charge in [0.25, 0.3) is 0 Å². The van der Waals surface area contributed by atoms with Gasteiger partial charge >= 0.3 is 6.18 Å². The van der Waals surface area contributed by atoms with Crippen molar-refractivity contribution in [2.24, 2.45) is 0 Å². The minimum atomic E-state index is -4.73. The average molecular weight is 440 g/mol. The molecule has 0 unspecified atom stereocenters. The van der Waals surface area contributed by atoms with Crippen LogP contribution in [0, 0.1) is 0 Å². The van der Waals surface area contributed by atoms with E-state index in [-0.39, 0.29) is 18.0 Å². The van der Waals surface area contributed by atoms with Crippen molar-refractivity contribution in [1.29, 1.82) is 0 Å². The van der Waals surface area contributed by atoms with Gasteiger partial charge in [-0.25, -0.2) is 13.4 Å². The number of nitrogens with zero attached hydrogens (tertiary/aromatic N) is 1. The van der Waals surface area contributed by atoms with Gasteiger partial charge in [0.1, 0.15) is 12.6 Å². The molecule has 0 spiro atoms. The normalized spacial score (nSPS) is 12.9. The first kappa shape index (κ1) is 24.2. The lowest BCUT2D eigenvalue weighted by molar-refractivity contribution is -0.153. The Bertz CT molecular complexity index is 819. The lowest BCUT2D eigenvalue weighted by Crippen LogP contribution is -2.37. The molecule has 2 aromatic rings. The van der Waals surface area contributed by atoms with Gasteiger partial charge in [0.15, 0.2) is 0 Å². The predicted molar refractivity (Wildman–Crippen MR) is 102 cm³/mol. The molecule has 1 heterocycles. The first-order valence-electron chi connectivity index (χ1n) is 8.02. The third-order valence-electron chi connectivity index (χ3n) is 3.47. The summed E-state index contributed by atoms with van der Waals surface area (Å²) in [4.78, 5) is 4.02. The maximum atomic E-state index is 13.1. The van der Waals surface area contributed by atoms with Crippen LogP contribution >= 0.6 is 12.4 Å². The molecule has 2 rings (SSSR count). The summed E-state index contributed by atoms with van der Waals surface area (Å²) in [6.07, 6.45) is -2.42. The second-order valence-electron chi connectivity index (χ2n) is 5.80. The molecule has 0 aliphatic heterocycles. The number of pyridine rings is 1. The Morgan fingerprint density at radius 1 is 1.14 bits per heavy atom. The highest BCUT2D eigenvalue weighted by Crippen LogP contribution is 2.33. The van der Waals surface area contributed by atoms with Gasteiger partial charge in [0.2, 0.25) is 15.9 Å². The largest absolute Gasteiger partial charge is 0.476 e. The number of aromatic nitrogens is 1. The summed E-state index contributed by atoms with van der Waals surface area (Å²) in [5.41, 5.74) is 0.590. The maximum absolute atomic E-state index is 13.1. The molecule has 0 radical (unpaired) electrons. The van der Waals surface area contributed by atoms with Crippen molar-refractivity contribution in [3.05, 3.63) is 59.8 Å². The van der Waals surface area contributed by atoms with Gasteiger partial charge in [-0.05, 0) is 17.2 Å². The third-order valence-corrected chi connectivity index (χ3v) is 4.13. The molecule has 11 heteroatoms. The van der Waals surface area contributed by atoms with Crippen molar-refractivity contribution >= 4 is 22.4 Å². The number of ether oxygens (including phenoxy) is 1. The van der Waals surface area contributed by atoms with E-state index >= 15 is 0 Å². The first-order chi connectivity index (χ1) is 12.6. The number of nitrogens with one attached hydrogen (secondary N) is 2. The molecular weight excluding hydrogens is 419 g/mol. The predicted octanol–water partition coefficient (Wildman–Crippen LogP) is 2.82. The molecule has 2 N–H and O–H groups in total. The van der Waals surface area contributed by atoms with Crippen LogP contribution in [-0.4, -0.2) is 39.0 Å². The number of hydrogen-bond acceptors (Lipinski definition) is 5. The second-order valence-corrected chi connectivity index (χ2v) is 7.58. The molecule has 0 aliphatic carbocycles. The highest BCUT2D eigenvalue weighted by molar-refractivity contribution is 7.88. The smallest absolute Gasteiger partial charge is 0.408 e. The Balaban J connectivity index is 0.00000392. The molecule has 1 aromatic heterocycles. The zero-order chi connectivity index (χ0) is 19.9. The van der Waals surface area contributed by atoms with Crippen molar-refractivity contribution < 1.29 is 26.3 Å². The van der Waals surface area contributed by atoms with E-state index in [0.29, 0.717) is 31.8 Å². The van der Waals surface area contributed by atoms with Crippen LogP contribution in [-0.2, 0) is 16.6 Å². The van der Waals surface area contributed by atoms with Crippen molar-refractivity contribution in [2.75, 3.05) is 19.4 Å². The number of benzene rings is 1. The molecule has 0 saturated carbocycles. The fourth-order valence-corrected chi connectivity index (χ4v) is 2.96. The van der Waals surface area contributed by atoms with E-state index in [2.05, 4.69) is 10.3 Å². The van der Waals surface area contributed by atoms with E-state index in [1.807, 2.05) is 6.07 Å². The number of alkyl halides is 3. The first-order valence-corrected chi connectivity index (χ1v) is 9.92. The summed E-state index contributed by atoms with van der Waals surface area (Å²) >= 11 is 0. The van der Waals surface area contributed by atoms with E-state index in [0.717, 1.165) is 5.56 Å². The molecular formula is C17H21ClF3N3O3S. The highest BCUT2D eigenvalue weighted by atomic mass is 35.5. The van der Waals surface area contributed by atoms with Gasteiger partial charge in [-0.2, -0.15) is 17.9 Å². The summed E-state index contributed by atoms with van der Waals surface area (Å²) in [6, 6.07) is 8.61. The summed E-state index contributed by atoms with van der Waals surface area (Å²) < 4.78 is 68.7. The molecule has 156 valence electrons. The van der Waals surface area contributed by atoms with Gasteiger partial charge < -0.3 is 10.1 Å². The van der Waals surface area contributed by atoms with Crippen molar-refractivity contribution in [3.63, 3.8) is 0 Å². The van der Waals surface area contributed by atoms with Crippen LogP contribution in [0.3, 0.4) is 0 Å². The van der Waals surface area contributed by atoms with E-state index < -0.39 is 22.2 Å². The minimum absolute atomic E-state index is 0. The van der Waals surface area contributed by atoms with E-state index in [4.69, 9.17) is 4.74 Å². The Kier molecular flexibility index (Phi) is 9.15. The summed E-state index contributed by atoms with van der Waals surface area (Å²) in [6.45, 7) is 1.35. The number of sulfonamides is 1. The van der Waals surface area contributed by atoms with Gasteiger partial charge in [0, 0.05) is 25.4 Å². The Morgan fingerprint density at radius 2 is 1.82 bits per heavy atom. The van der Waals surface area contributed by atoms with Crippen LogP contribution in [0.15, 0.2) is 48.7 Å². The number of hydrogen-bond donors (Lipinski definition) is 2. The lowest BCUT2D eigenvalue weighted by atomic mass is 10.1. The second kappa shape index (κ2) is 10.6. The fraction of sp³-hybridized carbons (Fsp3) is 0.353. The molecule has 1 aromatic carbocycles. The minimum Gasteiger partial charge on any atom is -0.476 e.